The zero-order valence-electron chi connectivity index (χ0n) is 19.3. The van der Waals surface area contributed by atoms with Crippen LogP contribution in [0.2, 0.25) is 0 Å². The van der Waals surface area contributed by atoms with E-state index < -0.39 is 17.7 Å². The second kappa shape index (κ2) is 9.46. The van der Waals surface area contributed by atoms with Gasteiger partial charge in [-0.15, -0.1) is 0 Å². The third-order valence-corrected chi connectivity index (χ3v) is 6.14. The van der Waals surface area contributed by atoms with Crippen LogP contribution in [0.4, 0.5) is 0 Å². The van der Waals surface area contributed by atoms with E-state index in [1.54, 1.807) is 55.0 Å². The summed E-state index contributed by atoms with van der Waals surface area (Å²) < 4.78 is 5.71. The summed E-state index contributed by atoms with van der Waals surface area (Å²) in [6, 6.07) is 17.5. The van der Waals surface area contributed by atoms with Crippen molar-refractivity contribution < 1.29 is 19.4 Å². The van der Waals surface area contributed by atoms with Gasteiger partial charge in [0.25, 0.3) is 11.7 Å². The number of ketones is 1. The molecule has 0 saturated carbocycles. The van der Waals surface area contributed by atoms with E-state index in [9.17, 15) is 14.7 Å². The molecule has 2 aromatic heterocycles. The number of aromatic amines is 1. The molecule has 1 atom stereocenters. The van der Waals surface area contributed by atoms with Gasteiger partial charge in [0.15, 0.2) is 0 Å². The van der Waals surface area contributed by atoms with E-state index >= 15 is 0 Å². The van der Waals surface area contributed by atoms with Crippen molar-refractivity contribution in [3.05, 3.63) is 102 Å². The molecule has 2 aromatic carbocycles. The first-order chi connectivity index (χ1) is 17.1. The minimum Gasteiger partial charge on any atom is -0.507 e. The Balaban J connectivity index is 1.66. The monoisotopic (exact) mass is 467 g/mol. The molecule has 1 unspecified atom stereocenters. The number of Topliss-reactive ketones (excluding diaryl/α,β-unsaturated/α-hetero) is 1. The lowest BCUT2D eigenvalue weighted by Gasteiger charge is -2.25. The normalized spacial score (nSPS) is 17.3. The molecule has 1 aliphatic heterocycles. The van der Waals surface area contributed by atoms with Crippen LogP contribution in [0.25, 0.3) is 16.7 Å². The van der Waals surface area contributed by atoms with Gasteiger partial charge in [0.1, 0.15) is 11.5 Å². The number of likely N-dealkylation sites (tertiary alicyclic amines) is 1. The number of hydrogen-bond donors (Lipinski definition) is 2. The van der Waals surface area contributed by atoms with E-state index in [-0.39, 0.29) is 17.9 Å². The van der Waals surface area contributed by atoms with Gasteiger partial charge in [-0.05, 0) is 42.3 Å². The first-order valence-corrected chi connectivity index (χ1v) is 11.5. The van der Waals surface area contributed by atoms with Gasteiger partial charge in [0.05, 0.1) is 18.2 Å². The van der Waals surface area contributed by atoms with Crippen LogP contribution in [0.3, 0.4) is 0 Å². The second-order valence-electron chi connectivity index (χ2n) is 8.45. The molecule has 1 fully saturated rings. The lowest BCUT2D eigenvalue weighted by Crippen LogP contribution is -2.29. The van der Waals surface area contributed by atoms with Crippen molar-refractivity contribution in [1.82, 2.24) is 14.9 Å². The first kappa shape index (κ1) is 22.4. The van der Waals surface area contributed by atoms with Gasteiger partial charge in [-0.3, -0.25) is 14.6 Å². The number of nitrogens with zero attached hydrogens (tertiary/aromatic N) is 2. The van der Waals surface area contributed by atoms with Gasteiger partial charge in [-0.2, -0.15) is 0 Å². The summed E-state index contributed by atoms with van der Waals surface area (Å²) in [5.74, 6) is -1.01. The minimum atomic E-state index is -0.764. The first-order valence-electron chi connectivity index (χ1n) is 11.5. The van der Waals surface area contributed by atoms with E-state index in [2.05, 4.69) is 9.97 Å². The lowest BCUT2D eigenvalue weighted by atomic mass is 9.94. The van der Waals surface area contributed by atoms with Gasteiger partial charge >= 0.3 is 0 Å². The molecular formula is C28H25N3O4. The molecule has 0 spiro atoms. The number of nitrogens with one attached hydrogen (secondary N) is 1. The number of amides is 1. The quantitative estimate of drug-likeness (QED) is 0.227. The third-order valence-electron chi connectivity index (χ3n) is 6.14. The molecular weight excluding hydrogens is 442 g/mol. The Morgan fingerprint density at radius 2 is 1.89 bits per heavy atom. The molecule has 4 aromatic rings. The number of fused-ring (bicyclic) bond motifs is 1. The highest BCUT2D eigenvalue weighted by atomic mass is 16.5. The van der Waals surface area contributed by atoms with Crippen molar-refractivity contribution in [2.75, 3.05) is 6.61 Å². The number of aliphatic hydroxyl groups excluding tert-OH is 1. The number of benzene rings is 2. The molecule has 5 rings (SSSR count). The van der Waals surface area contributed by atoms with Crippen LogP contribution in [0.5, 0.6) is 5.75 Å². The van der Waals surface area contributed by atoms with Gasteiger partial charge in [-0.1, -0.05) is 37.3 Å². The zero-order valence-corrected chi connectivity index (χ0v) is 19.3. The highest BCUT2D eigenvalue weighted by Crippen LogP contribution is 2.42. The van der Waals surface area contributed by atoms with Crippen molar-refractivity contribution in [1.29, 1.82) is 0 Å². The average molecular weight is 468 g/mol. The lowest BCUT2D eigenvalue weighted by molar-refractivity contribution is -0.140. The van der Waals surface area contributed by atoms with Crippen LogP contribution in [-0.4, -0.2) is 38.3 Å². The fourth-order valence-electron chi connectivity index (χ4n) is 4.48. The fourth-order valence-corrected chi connectivity index (χ4v) is 4.48. The summed E-state index contributed by atoms with van der Waals surface area (Å²) in [6.45, 7) is 2.75. The van der Waals surface area contributed by atoms with Crippen molar-refractivity contribution in [2.45, 2.75) is 25.9 Å². The zero-order chi connectivity index (χ0) is 24.4. The molecule has 3 heterocycles. The number of ether oxygens (including phenoxy) is 1. The molecule has 7 nitrogen and oxygen atoms in total. The highest BCUT2D eigenvalue weighted by Gasteiger charge is 2.46. The van der Waals surface area contributed by atoms with Crippen molar-refractivity contribution in [3.8, 4) is 5.75 Å². The summed E-state index contributed by atoms with van der Waals surface area (Å²) in [6.07, 6.45) is 5.94. The summed E-state index contributed by atoms with van der Waals surface area (Å²) in [5.41, 5.74) is 2.94. The molecule has 1 saturated heterocycles. The van der Waals surface area contributed by atoms with E-state index in [0.717, 1.165) is 28.5 Å². The van der Waals surface area contributed by atoms with E-state index in [4.69, 9.17) is 4.74 Å². The number of carbonyl (C=O) groups excluding carboxylic acids is 2. The largest absolute Gasteiger partial charge is 0.507 e. The molecule has 0 radical (unpaired) electrons. The maximum atomic E-state index is 13.4. The number of carbonyl (C=O) groups is 2. The topological polar surface area (TPSA) is 95.5 Å². The summed E-state index contributed by atoms with van der Waals surface area (Å²) in [5, 5.41) is 12.3. The molecule has 7 heteroatoms. The Kier molecular flexibility index (Phi) is 6.06. The van der Waals surface area contributed by atoms with E-state index in [1.807, 2.05) is 31.2 Å². The Bertz CT molecular complexity index is 1420. The van der Waals surface area contributed by atoms with Crippen LogP contribution < -0.4 is 4.74 Å². The van der Waals surface area contributed by atoms with Gasteiger partial charge in [-0.25, -0.2) is 0 Å². The third kappa shape index (κ3) is 4.17. The fraction of sp³-hybridized carbons (Fsp3) is 0.179. The maximum Gasteiger partial charge on any atom is 0.295 e. The van der Waals surface area contributed by atoms with Crippen LogP contribution in [0.1, 0.15) is 36.1 Å². The number of para-hydroxylation sites is 1. The van der Waals surface area contributed by atoms with Crippen molar-refractivity contribution >= 4 is 28.4 Å². The minimum absolute atomic E-state index is 0.0569. The number of aromatic nitrogens is 2. The van der Waals surface area contributed by atoms with Crippen LogP contribution in [0.15, 0.2) is 84.8 Å². The molecule has 0 bridgehead atoms. The Morgan fingerprint density at radius 3 is 2.69 bits per heavy atom. The van der Waals surface area contributed by atoms with Crippen LogP contribution >= 0.6 is 0 Å². The number of hydrogen-bond acceptors (Lipinski definition) is 5. The van der Waals surface area contributed by atoms with Crippen molar-refractivity contribution in [2.24, 2.45) is 0 Å². The number of pyridine rings is 1. The summed E-state index contributed by atoms with van der Waals surface area (Å²) in [4.78, 5) is 35.4. The van der Waals surface area contributed by atoms with Gasteiger partial charge in [0, 0.05) is 47.2 Å². The summed E-state index contributed by atoms with van der Waals surface area (Å²) in [7, 11) is 0. The van der Waals surface area contributed by atoms with E-state index in [0.29, 0.717) is 17.9 Å². The molecule has 1 amide bonds. The van der Waals surface area contributed by atoms with E-state index in [1.165, 1.54) is 4.90 Å². The van der Waals surface area contributed by atoms with Crippen LogP contribution in [0, 0.1) is 0 Å². The number of aliphatic hydroxyl groups is 1. The highest BCUT2D eigenvalue weighted by molar-refractivity contribution is 6.46. The van der Waals surface area contributed by atoms with Crippen LogP contribution in [-0.2, 0) is 16.1 Å². The molecule has 0 aliphatic carbocycles. The molecule has 176 valence electrons. The Hall–Kier alpha value is -4.39. The molecule has 35 heavy (non-hydrogen) atoms. The van der Waals surface area contributed by atoms with Gasteiger partial charge < -0.3 is 19.7 Å². The number of rotatable bonds is 7. The standard InChI is InChI=1S/C28H25N3O4/c1-2-14-35-20-7-5-6-19(15-20)26(32)24-25(22-16-30-23-9-4-3-8-21(22)23)31(28(34)27(24)33)17-18-10-12-29-13-11-18/h3-13,15-16,25,30,32H,2,14,17H2,1H3/b26-24+. The SMILES string of the molecule is CCCOc1cccc(/C(O)=C2\C(=O)C(=O)N(Cc3ccncc3)C2c2c[nH]c3ccccc23)c1. The smallest absolute Gasteiger partial charge is 0.295 e. The average Bonchev–Trinajstić information content (AvgIpc) is 3.42. The summed E-state index contributed by atoms with van der Waals surface area (Å²) >= 11 is 0. The Morgan fingerprint density at radius 1 is 1.09 bits per heavy atom. The predicted molar refractivity (Wildman–Crippen MR) is 133 cm³/mol. The molecule has 1 aliphatic rings. The Labute approximate surface area is 202 Å². The number of H-pyrrole nitrogens is 1. The predicted octanol–water partition coefficient (Wildman–Crippen LogP) is 4.97. The van der Waals surface area contributed by atoms with Crippen molar-refractivity contribution in [3.63, 3.8) is 0 Å². The van der Waals surface area contributed by atoms with Gasteiger partial charge in [0.2, 0.25) is 0 Å². The maximum absolute atomic E-state index is 13.4. The molecule has 2 N–H and O–H groups in total. The second-order valence-corrected chi connectivity index (χ2v) is 8.45.